The second-order valence-corrected chi connectivity index (χ2v) is 4.88. The van der Waals surface area contributed by atoms with Crippen molar-refractivity contribution in [2.45, 2.75) is 52.0 Å². The van der Waals surface area contributed by atoms with Crippen LogP contribution in [0, 0.1) is 5.92 Å². The van der Waals surface area contributed by atoms with Gasteiger partial charge < -0.3 is 10.6 Å². The summed E-state index contributed by atoms with van der Waals surface area (Å²) in [4.78, 5) is 11.5. The fourth-order valence-electron chi connectivity index (χ4n) is 1.88. The van der Waals surface area contributed by atoms with Crippen molar-refractivity contribution in [2.75, 3.05) is 13.1 Å². The lowest BCUT2D eigenvalue weighted by Gasteiger charge is -2.23. The van der Waals surface area contributed by atoms with Gasteiger partial charge in [0.1, 0.15) is 0 Å². The van der Waals surface area contributed by atoms with Gasteiger partial charge in [0.15, 0.2) is 0 Å². The average Bonchev–Trinajstić information content (AvgIpc) is 2.25. The standard InChI is InChI=1S/C12H24N2O/c1-10(2)9-14-12(15)7-6-11-5-3-4-8-13-11/h10-11,13H,3-9H2,1-2H3,(H,14,15). The van der Waals surface area contributed by atoms with Crippen molar-refractivity contribution in [3.05, 3.63) is 0 Å². The molecule has 3 nitrogen and oxygen atoms in total. The van der Waals surface area contributed by atoms with Gasteiger partial charge in [-0.25, -0.2) is 0 Å². The van der Waals surface area contributed by atoms with Crippen LogP contribution < -0.4 is 10.6 Å². The first kappa shape index (κ1) is 12.5. The van der Waals surface area contributed by atoms with E-state index in [-0.39, 0.29) is 5.91 Å². The molecule has 15 heavy (non-hydrogen) atoms. The third-order valence-corrected chi connectivity index (χ3v) is 2.84. The number of hydrogen-bond acceptors (Lipinski definition) is 2. The number of carbonyl (C=O) groups is 1. The van der Waals surface area contributed by atoms with Gasteiger partial charge in [0.05, 0.1) is 0 Å². The molecule has 0 bridgehead atoms. The molecule has 0 saturated carbocycles. The van der Waals surface area contributed by atoms with Crippen molar-refractivity contribution >= 4 is 5.91 Å². The number of amides is 1. The zero-order valence-corrected chi connectivity index (χ0v) is 10.0. The summed E-state index contributed by atoms with van der Waals surface area (Å²) in [6.07, 6.45) is 5.49. The van der Waals surface area contributed by atoms with E-state index in [0.29, 0.717) is 18.4 Å². The van der Waals surface area contributed by atoms with Crippen molar-refractivity contribution in [3.8, 4) is 0 Å². The zero-order chi connectivity index (χ0) is 11.1. The highest BCUT2D eigenvalue weighted by atomic mass is 16.1. The van der Waals surface area contributed by atoms with Gasteiger partial charge >= 0.3 is 0 Å². The predicted octanol–water partition coefficient (Wildman–Crippen LogP) is 1.68. The van der Waals surface area contributed by atoms with Gasteiger partial charge in [-0.15, -0.1) is 0 Å². The second kappa shape index (κ2) is 6.83. The predicted molar refractivity (Wildman–Crippen MR) is 62.7 cm³/mol. The summed E-state index contributed by atoms with van der Waals surface area (Å²) < 4.78 is 0. The Labute approximate surface area is 93.0 Å². The summed E-state index contributed by atoms with van der Waals surface area (Å²) >= 11 is 0. The van der Waals surface area contributed by atoms with Crippen LogP contribution in [-0.4, -0.2) is 25.0 Å². The van der Waals surface area contributed by atoms with Crippen LogP contribution in [0.1, 0.15) is 46.0 Å². The topological polar surface area (TPSA) is 41.1 Å². The molecule has 3 heteroatoms. The maximum Gasteiger partial charge on any atom is 0.220 e. The van der Waals surface area contributed by atoms with Gasteiger partial charge in [0.25, 0.3) is 0 Å². The van der Waals surface area contributed by atoms with Crippen molar-refractivity contribution in [2.24, 2.45) is 5.92 Å². The molecule has 0 radical (unpaired) electrons. The Balaban J connectivity index is 2.05. The SMILES string of the molecule is CC(C)CNC(=O)CCC1CCCCN1. The van der Waals surface area contributed by atoms with Crippen molar-refractivity contribution in [1.29, 1.82) is 0 Å². The van der Waals surface area contributed by atoms with Crippen LogP contribution in [0.4, 0.5) is 0 Å². The molecular weight excluding hydrogens is 188 g/mol. The summed E-state index contributed by atoms with van der Waals surface area (Å²) in [5, 5.41) is 6.41. The van der Waals surface area contributed by atoms with Crippen LogP contribution >= 0.6 is 0 Å². The summed E-state index contributed by atoms with van der Waals surface area (Å²) in [7, 11) is 0. The van der Waals surface area contributed by atoms with E-state index < -0.39 is 0 Å². The lowest BCUT2D eigenvalue weighted by atomic mass is 10.0. The fourth-order valence-corrected chi connectivity index (χ4v) is 1.88. The molecule has 0 aromatic rings. The normalized spacial score (nSPS) is 21.7. The van der Waals surface area contributed by atoms with Crippen LogP contribution in [-0.2, 0) is 4.79 Å². The van der Waals surface area contributed by atoms with Gasteiger partial charge in [-0.05, 0) is 31.7 Å². The first-order chi connectivity index (χ1) is 7.18. The monoisotopic (exact) mass is 212 g/mol. The highest BCUT2D eigenvalue weighted by Gasteiger charge is 2.13. The Morgan fingerprint density at radius 1 is 1.47 bits per heavy atom. The quantitative estimate of drug-likeness (QED) is 0.728. The molecule has 1 fully saturated rings. The molecule has 1 atom stereocenters. The molecule has 0 aliphatic carbocycles. The van der Waals surface area contributed by atoms with E-state index in [1.165, 1.54) is 19.3 Å². The Bertz CT molecular complexity index is 186. The van der Waals surface area contributed by atoms with E-state index in [1.807, 2.05) is 0 Å². The zero-order valence-electron chi connectivity index (χ0n) is 10.0. The van der Waals surface area contributed by atoms with E-state index in [2.05, 4.69) is 24.5 Å². The number of nitrogens with one attached hydrogen (secondary N) is 2. The highest BCUT2D eigenvalue weighted by Crippen LogP contribution is 2.11. The van der Waals surface area contributed by atoms with Crippen LogP contribution in [0.25, 0.3) is 0 Å². The van der Waals surface area contributed by atoms with E-state index in [9.17, 15) is 4.79 Å². The molecule has 0 aromatic carbocycles. The Morgan fingerprint density at radius 3 is 2.87 bits per heavy atom. The lowest BCUT2D eigenvalue weighted by Crippen LogP contribution is -2.35. The third-order valence-electron chi connectivity index (χ3n) is 2.84. The largest absolute Gasteiger partial charge is 0.356 e. The molecule has 2 N–H and O–H groups in total. The molecule has 88 valence electrons. The molecule has 1 heterocycles. The minimum atomic E-state index is 0.205. The maximum atomic E-state index is 11.5. The van der Waals surface area contributed by atoms with Crippen LogP contribution in [0.3, 0.4) is 0 Å². The van der Waals surface area contributed by atoms with E-state index in [1.54, 1.807) is 0 Å². The molecular formula is C12H24N2O. The van der Waals surface area contributed by atoms with Gasteiger partial charge in [-0.2, -0.15) is 0 Å². The Hall–Kier alpha value is -0.570. The van der Waals surface area contributed by atoms with Gasteiger partial charge in [-0.3, -0.25) is 4.79 Å². The fraction of sp³-hybridized carbons (Fsp3) is 0.917. The summed E-state index contributed by atoms with van der Waals surface area (Å²) in [6, 6.07) is 0.573. The number of hydrogen-bond donors (Lipinski definition) is 2. The first-order valence-electron chi connectivity index (χ1n) is 6.18. The van der Waals surface area contributed by atoms with E-state index >= 15 is 0 Å². The number of carbonyl (C=O) groups excluding carboxylic acids is 1. The van der Waals surface area contributed by atoms with Gasteiger partial charge in [-0.1, -0.05) is 20.3 Å². The molecule has 1 aliphatic rings. The molecule has 0 aromatic heterocycles. The van der Waals surface area contributed by atoms with Crippen molar-refractivity contribution in [1.82, 2.24) is 10.6 Å². The van der Waals surface area contributed by atoms with Crippen LogP contribution in [0.15, 0.2) is 0 Å². The van der Waals surface area contributed by atoms with Crippen molar-refractivity contribution in [3.63, 3.8) is 0 Å². The van der Waals surface area contributed by atoms with E-state index in [4.69, 9.17) is 0 Å². The molecule has 1 amide bonds. The first-order valence-corrected chi connectivity index (χ1v) is 6.18. The Kier molecular flexibility index (Phi) is 5.69. The maximum absolute atomic E-state index is 11.5. The Morgan fingerprint density at radius 2 is 2.27 bits per heavy atom. The van der Waals surface area contributed by atoms with Gasteiger partial charge in [0.2, 0.25) is 5.91 Å². The van der Waals surface area contributed by atoms with Crippen LogP contribution in [0.5, 0.6) is 0 Å². The van der Waals surface area contributed by atoms with Crippen molar-refractivity contribution < 1.29 is 4.79 Å². The lowest BCUT2D eigenvalue weighted by molar-refractivity contribution is -0.121. The minimum absolute atomic E-state index is 0.205. The second-order valence-electron chi connectivity index (χ2n) is 4.88. The summed E-state index contributed by atoms with van der Waals surface area (Å²) in [5.41, 5.74) is 0. The number of piperidine rings is 1. The minimum Gasteiger partial charge on any atom is -0.356 e. The molecule has 1 aliphatic heterocycles. The third kappa shape index (κ3) is 5.78. The molecule has 1 rings (SSSR count). The highest BCUT2D eigenvalue weighted by molar-refractivity contribution is 5.75. The van der Waals surface area contributed by atoms with Crippen LogP contribution in [0.2, 0.25) is 0 Å². The molecule has 1 unspecified atom stereocenters. The summed E-state index contributed by atoms with van der Waals surface area (Å²) in [5.74, 6) is 0.748. The van der Waals surface area contributed by atoms with E-state index in [0.717, 1.165) is 19.5 Å². The smallest absolute Gasteiger partial charge is 0.220 e. The number of rotatable bonds is 5. The molecule has 0 spiro atoms. The average molecular weight is 212 g/mol. The summed E-state index contributed by atoms with van der Waals surface area (Å²) in [6.45, 7) is 6.15. The van der Waals surface area contributed by atoms with Gasteiger partial charge in [0, 0.05) is 19.0 Å². The molecule has 1 saturated heterocycles.